The molecule has 1 atom stereocenters. The smallest absolute Gasteiger partial charge is 0.000703 e. The van der Waals surface area contributed by atoms with Gasteiger partial charge < -0.3 is 4.90 Å². The highest BCUT2D eigenvalue weighted by molar-refractivity contribution is 4.72. The van der Waals surface area contributed by atoms with Crippen molar-refractivity contribution in [1.29, 1.82) is 0 Å². The first-order valence-electron chi connectivity index (χ1n) is 7.07. The Bertz CT molecular complexity index is 172. The van der Waals surface area contributed by atoms with Crippen LogP contribution in [0.25, 0.3) is 0 Å². The summed E-state index contributed by atoms with van der Waals surface area (Å²) in [5, 5.41) is 0. The van der Waals surface area contributed by atoms with Crippen molar-refractivity contribution in [2.75, 3.05) is 19.6 Å². The van der Waals surface area contributed by atoms with Crippen LogP contribution in [0.1, 0.15) is 58.3 Å². The van der Waals surface area contributed by atoms with Crippen molar-refractivity contribution < 1.29 is 0 Å². The molecule has 1 heterocycles. The number of nitrogens with zero attached hydrogens (tertiary/aromatic N) is 1. The molecule has 2 fully saturated rings. The SMILES string of the molecule is C[C@@H]1CCCN(CCC2CCCCC2)C1. The van der Waals surface area contributed by atoms with E-state index < -0.39 is 0 Å². The fraction of sp³-hybridized carbons (Fsp3) is 1.00. The van der Waals surface area contributed by atoms with E-state index >= 15 is 0 Å². The molecule has 1 saturated heterocycles. The molecule has 0 bridgehead atoms. The van der Waals surface area contributed by atoms with Crippen molar-refractivity contribution in [1.82, 2.24) is 4.90 Å². The zero-order valence-electron chi connectivity index (χ0n) is 10.4. The Kier molecular flexibility index (Phi) is 4.49. The maximum atomic E-state index is 2.71. The highest BCUT2D eigenvalue weighted by Crippen LogP contribution is 2.27. The van der Waals surface area contributed by atoms with Gasteiger partial charge in [0.1, 0.15) is 0 Å². The molecule has 0 aromatic rings. The lowest BCUT2D eigenvalue weighted by Gasteiger charge is -2.32. The van der Waals surface area contributed by atoms with E-state index in [9.17, 15) is 0 Å². The number of hydrogen-bond acceptors (Lipinski definition) is 1. The largest absolute Gasteiger partial charge is 0.303 e. The summed E-state index contributed by atoms with van der Waals surface area (Å²) in [6.45, 7) is 6.53. The highest BCUT2D eigenvalue weighted by Gasteiger charge is 2.18. The van der Waals surface area contributed by atoms with Crippen LogP contribution in [0.2, 0.25) is 0 Å². The number of likely N-dealkylation sites (tertiary alicyclic amines) is 1. The first-order chi connectivity index (χ1) is 7.34. The Labute approximate surface area is 95.2 Å². The molecular formula is C14H27N. The van der Waals surface area contributed by atoms with Gasteiger partial charge in [-0.3, -0.25) is 0 Å². The Balaban J connectivity index is 1.63. The zero-order chi connectivity index (χ0) is 10.5. The molecule has 0 unspecified atom stereocenters. The summed E-state index contributed by atoms with van der Waals surface area (Å²) in [4.78, 5) is 2.71. The summed E-state index contributed by atoms with van der Waals surface area (Å²) >= 11 is 0. The molecule has 2 aliphatic rings. The lowest BCUT2D eigenvalue weighted by Crippen LogP contribution is -2.35. The van der Waals surface area contributed by atoms with Gasteiger partial charge in [0.25, 0.3) is 0 Å². The van der Waals surface area contributed by atoms with Gasteiger partial charge in [0.15, 0.2) is 0 Å². The predicted octanol–water partition coefficient (Wildman–Crippen LogP) is 3.69. The molecule has 15 heavy (non-hydrogen) atoms. The summed E-state index contributed by atoms with van der Waals surface area (Å²) in [5.74, 6) is 2.01. The average molecular weight is 209 g/mol. The van der Waals surface area contributed by atoms with Crippen molar-refractivity contribution in [3.05, 3.63) is 0 Å². The van der Waals surface area contributed by atoms with Gasteiger partial charge in [-0.25, -0.2) is 0 Å². The van der Waals surface area contributed by atoms with Crippen molar-refractivity contribution in [2.45, 2.75) is 58.3 Å². The maximum absolute atomic E-state index is 2.71. The molecule has 0 aromatic carbocycles. The molecule has 0 spiro atoms. The fourth-order valence-electron chi connectivity index (χ4n) is 3.33. The van der Waals surface area contributed by atoms with Gasteiger partial charge in [-0.1, -0.05) is 39.0 Å². The third-order valence-corrected chi connectivity index (χ3v) is 4.32. The highest BCUT2D eigenvalue weighted by atomic mass is 15.1. The minimum Gasteiger partial charge on any atom is -0.303 e. The summed E-state index contributed by atoms with van der Waals surface area (Å²) in [7, 11) is 0. The van der Waals surface area contributed by atoms with Gasteiger partial charge in [0, 0.05) is 6.54 Å². The summed E-state index contributed by atoms with van der Waals surface area (Å²) in [5.41, 5.74) is 0. The third kappa shape index (κ3) is 3.79. The lowest BCUT2D eigenvalue weighted by atomic mass is 9.86. The number of hydrogen-bond donors (Lipinski definition) is 0. The second-order valence-corrected chi connectivity index (χ2v) is 5.84. The number of rotatable bonds is 3. The molecule has 0 amide bonds. The van der Waals surface area contributed by atoms with E-state index in [1.54, 1.807) is 0 Å². The summed E-state index contributed by atoms with van der Waals surface area (Å²) < 4.78 is 0. The van der Waals surface area contributed by atoms with Crippen LogP contribution in [0.5, 0.6) is 0 Å². The van der Waals surface area contributed by atoms with Crippen LogP contribution >= 0.6 is 0 Å². The van der Waals surface area contributed by atoms with E-state index in [2.05, 4.69) is 11.8 Å². The summed E-state index contributed by atoms with van der Waals surface area (Å²) in [6, 6.07) is 0. The molecule has 1 nitrogen and oxygen atoms in total. The predicted molar refractivity (Wildman–Crippen MR) is 66.0 cm³/mol. The van der Waals surface area contributed by atoms with E-state index in [1.165, 1.54) is 71.0 Å². The third-order valence-electron chi connectivity index (χ3n) is 4.32. The second kappa shape index (κ2) is 5.89. The van der Waals surface area contributed by atoms with Crippen LogP contribution in [0, 0.1) is 11.8 Å². The molecule has 0 N–H and O–H groups in total. The minimum atomic E-state index is 0.949. The first kappa shape index (κ1) is 11.4. The molecule has 0 radical (unpaired) electrons. The molecule has 88 valence electrons. The molecule has 2 rings (SSSR count). The molecule has 1 aliphatic carbocycles. The molecule has 1 saturated carbocycles. The second-order valence-electron chi connectivity index (χ2n) is 5.84. The zero-order valence-corrected chi connectivity index (χ0v) is 10.4. The lowest BCUT2D eigenvalue weighted by molar-refractivity contribution is 0.166. The standard InChI is InChI=1S/C14H27N/c1-13-6-5-10-15(12-13)11-9-14-7-3-2-4-8-14/h13-14H,2-12H2,1H3/t13-/m1/s1. The van der Waals surface area contributed by atoms with Crippen LogP contribution in [0.15, 0.2) is 0 Å². The van der Waals surface area contributed by atoms with E-state index in [0.717, 1.165) is 11.8 Å². The van der Waals surface area contributed by atoms with Crippen LogP contribution < -0.4 is 0 Å². The van der Waals surface area contributed by atoms with Gasteiger partial charge in [-0.15, -0.1) is 0 Å². The van der Waals surface area contributed by atoms with Gasteiger partial charge in [-0.05, 0) is 44.2 Å². The Morgan fingerprint density at radius 2 is 1.80 bits per heavy atom. The monoisotopic (exact) mass is 209 g/mol. The minimum absolute atomic E-state index is 0.949. The normalized spacial score (nSPS) is 30.6. The fourth-order valence-corrected chi connectivity index (χ4v) is 3.33. The van der Waals surface area contributed by atoms with Crippen molar-refractivity contribution >= 4 is 0 Å². The first-order valence-corrected chi connectivity index (χ1v) is 7.07. The average Bonchev–Trinajstić information content (AvgIpc) is 2.28. The topological polar surface area (TPSA) is 3.24 Å². The van der Waals surface area contributed by atoms with E-state index in [1.807, 2.05) is 0 Å². The van der Waals surface area contributed by atoms with Gasteiger partial charge in [0.05, 0.1) is 0 Å². The van der Waals surface area contributed by atoms with Crippen molar-refractivity contribution in [3.8, 4) is 0 Å². The number of piperidine rings is 1. The molecular weight excluding hydrogens is 182 g/mol. The maximum Gasteiger partial charge on any atom is 0.000703 e. The summed E-state index contributed by atoms with van der Waals surface area (Å²) in [6.07, 6.45) is 11.9. The van der Waals surface area contributed by atoms with Gasteiger partial charge >= 0.3 is 0 Å². The van der Waals surface area contributed by atoms with E-state index in [-0.39, 0.29) is 0 Å². The van der Waals surface area contributed by atoms with Crippen LogP contribution in [0.3, 0.4) is 0 Å². The van der Waals surface area contributed by atoms with E-state index in [4.69, 9.17) is 0 Å². The van der Waals surface area contributed by atoms with Gasteiger partial charge in [-0.2, -0.15) is 0 Å². The van der Waals surface area contributed by atoms with E-state index in [0.29, 0.717) is 0 Å². The van der Waals surface area contributed by atoms with Crippen molar-refractivity contribution in [2.24, 2.45) is 11.8 Å². The van der Waals surface area contributed by atoms with Crippen LogP contribution in [0.4, 0.5) is 0 Å². The Morgan fingerprint density at radius 1 is 1.00 bits per heavy atom. The molecule has 1 aliphatic heterocycles. The quantitative estimate of drug-likeness (QED) is 0.685. The molecule has 0 aromatic heterocycles. The van der Waals surface area contributed by atoms with Crippen LogP contribution in [-0.4, -0.2) is 24.5 Å². The van der Waals surface area contributed by atoms with Crippen LogP contribution in [-0.2, 0) is 0 Å². The van der Waals surface area contributed by atoms with Crippen molar-refractivity contribution in [3.63, 3.8) is 0 Å². The Morgan fingerprint density at radius 3 is 2.53 bits per heavy atom. The van der Waals surface area contributed by atoms with Gasteiger partial charge in [0.2, 0.25) is 0 Å². The molecule has 1 heteroatoms. The Hall–Kier alpha value is -0.0400.